The highest BCUT2D eigenvalue weighted by Gasteiger charge is 2.18. The molecule has 2 heterocycles. The van der Waals surface area contributed by atoms with Crippen molar-refractivity contribution in [3.8, 4) is 0 Å². The fourth-order valence-electron chi connectivity index (χ4n) is 1.30. The molecule has 0 fully saturated rings. The van der Waals surface area contributed by atoms with Gasteiger partial charge in [0.2, 0.25) is 0 Å². The van der Waals surface area contributed by atoms with E-state index < -0.39 is 0 Å². The van der Waals surface area contributed by atoms with Gasteiger partial charge in [-0.1, -0.05) is 10.3 Å². The summed E-state index contributed by atoms with van der Waals surface area (Å²) in [6.07, 6.45) is 5.52. The number of oxime groups is 2. The molecule has 2 aromatic heterocycles. The van der Waals surface area contributed by atoms with E-state index in [9.17, 15) is 0 Å². The van der Waals surface area contributed by atoms with Crippen LogP contribution in [0.25, 0.3) is 0 Å². The van der Waals surface area contributed by atoms with E-state index in [0.717, 1.165) is 0 Å². The molecule has 0 saturated heterocycles. The third kappa shape index (κ3) is 2.26. The molecule has 0 aliphatic heterocycles. The van der Waals surface area contributed by atoms with Crippen LogP contribution < -0.4 is 0 Å². The predicted octanol–water partition coefficient (Wildman–Crippen LogP) is 0.323. The van der Waals surface area contributed by atoms with Gasteiger partial charge in [-0.05, 0) is 12.1 Å². The first-order valence-electron chi connectivity index (χ1n) is 4.84. The summed E-state index contributed by atoms with van der Waals surface area (Å²) in [5, 5.41) is 24.2. The summed E-state index contributed by atoms with van der Waals surface area (Å²) in [7, 11) is 0. The minimum absolute atomic E-state index is 0.0152. The number of rotatable bonds is 3. The van der Waals surface area contributed by atoms with Gasteiger partial charge in [-0.2, -0.15) is 0 Å². The van der Waals surface area contributed by atoms with Gasteiger partial charge in [0.15, 0.2) is 11.4 Å². The molecule has 8 nitrogen and oxygen atoms in total. The first kappa shape index (κ1) is 11.6. The maximum Gasteiger partial charge on any atom is 0.159 e. The van der Waals surface area contributed by atoms with Crippen molar-refractivity contribution in [2.75, 3.05) is 0 Å². The van der Waals surface area contributed by atoms with Gasteiger partial charge in [0.25, 0.3) is 0 Å². The summed E-state index contributed by atoms with van der Waals surface area (Å²) in [5.41, 5.74) is 0.579. The lowest BCUT2D eigenvalue weighted by molar-refractivity contribution is 0.314. The molecule has 0 aromatic carbocycles. The van der Waals surface area contributed by atoms with Crippen LogP contribution in [0.5, 0.6) is 0 Å². The summed E-state index contributed by atoms with van der Waals surface area (Å²) in [5.74, 6) is 0. The average Bonchev–Trinajstić information content (AvgIpc) is 2.46. The standard InChI is InChI=1S/C10H8N6O2/c17-15-9(7-1-3-11-5-13-7)10(16-18)8-2-4-12-6-14-8/h1-6,17-18H/b15-9-,16-10+. The molecule has 0 unspecified atom stereocenters. The highest BCUT2D eigenvalue weighted by Crippen LogP contribution is 2.04. The normalized spacial score (nSPS) is 12.4. The number of hydrogen-bond donors (Lipinski definition) is 2. The van der Waals surface area contributed by atoms with Crippen molar-refractivity contribution in [1.82, 2.24) is 19.9 Å². The van der Waals surface area contributed by atoms with Gasteiger partial charge in [0.05, 0.1) is 11.4 Å². The molecule has 0 bridgehead atoms. The number of hydrogen-bond acceptors (Lipinski definition) is 8. The lowest BCUT2D eigenvalue weighted by Gasteiger charge is -2.04. The van der Waals surface area contributed by atoms with Crippen LogP contribution in [0.2, 0.25) is 0 Å². The maximum atomic E-state index is 9.03. The van der Waals surface area contributed by atoms with Gasteiger partial charge in [0, 0.05) is 12.4 Å². The minimum Gasteiger partial charge on any atom is -0.410 e. The molecule has 18 heavy (non-hydrogen) atoms. The van der Waals surface area contributed by atoms with E-state index in [0.29, 0.717) is 11.4 Å². The van der Waals surface area contributed by atoms with Gasteiger partial charge >= 0.3 is 0 Å². The predicted molar refractivity (Wildman–Crippen MR) is 60.7 cm³/mol. The lowest BCUT2D eigenvalue weighted by atomic mass is 10.1. The summed E-state index contributed by atoms with van der Waals surface area (Å²) in [4.78, 5) is 15.3. The van der Waals surface area contributed by atoms with E-state index in [1.54, 1.807) is 0 Å². The second-order valence-corrected chi connectivity index (χ2v) is 3.09. The molecule has 0 amide bonds. The van der Waals surface area contributed by atoms with Gasteiger partial charge < -0.3 is 10.4 Å². The highest BCUT2D eigenvalue weighted by atomic mass is 16.4. The Hall–Kier alpha value is -2.90. The third-order valence-electron chi connectivity index (χ3n) is 2.07. The molecule has 0 aliphatic carbocycles. The molecule has 0 aliphatic rings. The second-order valence-electron chi connectivity index (χ2n) is 3.09. The monoisotopic (exact) mass is 244 g/mol. The topological polar surface area (TPSA) is 117 Å². The fourth-order valence-corrected chi connectivity index (χ4v) is 1.30. The molecule has 2 rings (SSSR count). The van der Waals surface area contributed by atoms with Gasteiger partial charge in [-0.3, -0.25) is 0 Å². The second kappa shape index (κ2) is 5.43. The molecule has 90 valence electrons. The Morgan fingerprint density at radius 2 is 1.28 bits per heavy atom. The molecule has 2 N–H and O–H groups in total. The Kier molecular flexibility index (Phi) is 3.50. The van der Waals surface area contributed by atoms with E-state index in [4.69, 9.17) is 10.4 Å². The number of nitrogens with zero attached hydrogens (tertiary/aromatic N) is 6. The van der Waals surface area contributed by atoms with Crippen LogP contribution >= 0.6 is 0 Å². The first-order valence-corrected chi connectivity index (χ1v) is 4.84. The first-order chi connectivity index (χ1) is 8.86. The minimum atomic E-state index is -0.0152. The van der Waals surface area contributed by atoms with Gasteiger partial charge in [-0.25, -0.2) is 19.9 Å². The van der Waals surface area contributed by atoms with E-state index in [2.05, 4.69) is 30.2 Å². The van der Waals surface area contributed by atoms with E-state index in [-0.39, 0.29) is 11.4 Å². The van der Waals surface area contributed by atoms with Gasteiger partial charge in [-0.15, -0.1) is 0 Å². The Morgan fingerprint density at radius 3 is 1.56 bits per heavy atom. The molecule has 0 radical (unpaired) electrons. The Balaban J connectivity index is 2.45. The Morgan fingerprint density at radius 1 is 0.833 bits per heavy atom. The van der Waals surface area contributed by atoms with Crippen molar-refractivity contribution in [3.05, 3.63) is 48.6 Å². The molecular weight excluding hydrogens is 236 g/mol. The van der Waals surface area contributed by atoms with Crippen molar-refractivity contribution in [1.29, 1.82) is 0 Å². The van der Waals surface area contributed by atoms with E-state index in [1.807, 2.05) is 0 Å². The fraction of sp³-hybridized carbons (Fsp3) is 0. The van der Waals surface area contributed by atoms with Crippen LogP contribution in [0, 0.1) is 0 Å². The molecule has 2 aromatic rings. The van der Waals surface area contributed by atoms with Crippen LogP contribution in [-0.4, -0.2) is 41.8 Å². The maximum absolute atomic E-state index is 9.03. The molecule has 0 saturated carbocycles. The average molecular weight is 244 g/mol. The zero-order valence-electron chi connectivity index (χ0n) is 9.04. The SMILES string of the molecule is O/N=C(\C(=N\O)c1ccncn1)c1ccncn1. The van der Waals surface area contributed by atoms with E-state index >= 15 is 0 Å². The summed E-state index contributed by atoms with van der Waals surface area (Å²) in [6.45, 7) is 0. The van der Waals surface area contributed by atoms with Crippen molar-refractivity contribution in [2.45, 2.75) is 0 Å². The van der Waals surface area contributed by atoms with Crippen molar-refractivity contribution in [2.24, 2.45) is 10.3 Å². The summed E-state index contributed by atoms with van der Waals surface area (Å²) < 4.78 is 0. The zero-order valence-corrected chi connectivity index (χ0v) is 9.04. The molecule has 0 spiro atoms. The quantitative estimate of drug-likeness (QED) is 0.456. The molecule has 0 atom stereocenters. The van der Waals surface area contributed by atoms with Crippen LogP contribution in [0.1, 0.15) is 11.4 Å². The molecular formula is C10H8N6O2. The zero-order chi connectivity index (χ0) is 12.8. The van der Waals surface area contributed by atoms with Crippen LogP contribution in [-0.2, 0) is 0 Å². The summed E-state index contributed by atoms with van der Waals surface area (Å²) >= 11 is 0. The van der Waals surface area contributed by atoms with Gasteiger partial charge in [0.1, 0.15) is 12.7 Å². The highest BCUT2D eigenvalue weighted by molar-refractivity contribution is 6.52. The smallest absolute Gasteiger partial charge is 0.159 e. The van der Waals surface area contributed by atoms with E-state index in [1.165, 1.54) is 37.2 Å². The third-order valence-corrected chi connectivity index (χ3v) is 2.07. The Labute approximate surface area is 101 Å². The van der Waals surface area contributed by atoms with Crippen molar-refractivity contribution < 1.29 is 10.4 Å². The van der Waals surface area contributed by atoms with Crippen molar-refractivity contribution in [3.63, 3.8) is 0 Å². The largest absolute Gasteiger partial charge is 0.410 e. The molecule has 8 heteroatoms. The van der Waals surface area contributed by atoms with Crippen molar-refractivity contribution >= 4 is 11.4 Å². The lowest BCUT2D eigenvalue weighted by Crippen LogP contribution is -2.20. The van der Waals surface area contributed by atoms with Crippen LogP contribution in [0.15, 0.2) is 47.5 Å². The number of aromatic nitrogens is 4. The van der Waals surface area contributed by atoms with Crippen LogP contribution in [0.4, 0.5) is 0 Å². The Bertz CT molecular complexity index is 516. The van der Waals surface area contributed by atoms with Crippen LogP contribution in [0.3, 0.4) is 0 Å². The summed E-state index contributed by atoms with van der Waals surface area (Å²) in [6, 6.07) is 3.03.